The zero-order chi connectivity index (χ0) is 23.8. The summed E-state index contributed by atoms with van der Waals surface area (Å²) in [7, 11) is 0. The van der Waals surface area contributed by atoms with Crippen LogP contribution in [-0.2, 0) is 9.53 Å². The molecule has 2 aromatic carbocycles. The van der Waals surface area contributed by atoms with Gasteiger partial charge in [-0.25, -0.2) is 0 Å². The van der Waals surface area contributed by atoms with E-state index in [-0.39, 0.29) is 47.3 Å². The van der Waals surface area contributed by atoms with E-state index < -0.39 is 47.5 Å². The van der Waals surface area contributed by atoms with Gasteiger partial charge in [0.05, 0.1) is 40.8 Å². The SMILES string of the molecule is CC1=CC(=O)C2c3cc4ccc([C@H]5C[C@@H](O)[C@H](O)[C@@H](C)O5)c(O)c4c(O)c3C(=O)C[C@]2(O)C1. The second kappa shape index (κ2) is 7.36. The Morgan fingerprint density at radius 3 is 2.48 bits per heavy atom. The van der Waals surface area contributed by atoms with Crippen molar-refractivity contribution in [2.45, 2.75) is 69.0 Å². The number of aliphatic hydroxyl groups excluding tert-OH is 2. The van der Waals surface area contributed by atoms with Crippen molar-refractivity contribution in [1.29, 1.82) is 0 Å². The van der Waals surface area contributed by atoms with Crippen LogP contribution in [0.15, 0.2) is 29.8 Å². The smallest absolute Gasteiger partial charge is 0.169 e. The maximum Gasteiger partial charge on any atom is 0.169 e. The number of carbonyl (C=O) groups excluding carboxylic acids is 2. The summed E-state index contributed by atoms with van der Waals surface area (Å²) >= 11 is 0. The average Bonchev–Trinajstić information content (AvgIpc) is 2.70. The summed E-state index contributed by atoms with van der Waals surface area (Å²) < 4.78 is 5.76. The Hall–Kier alpha value is -2.78. The Balaban J connectivity index is 1.67. The second-order valence-corrected chi connectivity index (χ2v) is 9.62. The fraction of sp³-hybridized carbons (Fsp3) is 0.440. The molecule has 8 heteroatoms. The largest absolute Gasteiger partial charge is 0.507 e. The van der Waals surface area contributed by atoms with E-state index in [1.165, 1.54) is 6.08 Å². The van der Waals surface area contributed by atoms with Gasteiger partial charge in [-0.3, -0.25) is 9.59 Å². The summed E-state index contributed by atoms with van der Waals surface area (Å²) in [4.78, 5) is 25.9. The van der Waals surface area contributed by atoms with Gasteiger partial charge in [0.15, 0.2) is 11.6 Å². The summed E-state index contributed by atoms with van der Waals surface area (Å²) in [6.45, 7) is 3.34. The molecule has 5 rings (SSSR count). The van der Waals surface area contributed by atoms with Crippen molar-refractivity contribution in [3.63, 3.8) is 0 Å². The lowest BCUT2D eigenvalue weighted by molar-refractivity contribution is -0.163. The first-order valence-electron chi connectivity index (χ1n) is 11.0. The number of fused-ring (bicyclic) bond motifs is 4. The molecular weight excluding hydrogens is 428 g/mol. The van der Waals surface area contributed by atoms with Crippen LogP contribution in [0.3, 0.4) is 0 Å². The molecule has 5 N–H and O–H groups in total. The molecule has 33 heavy (non-hydrogen) atoms. The number of allylic oxidation sites excluding steroid dienone is 1. The highest BCUT2D eigenvalue weighted by Crippen LogP contribution is 2.52. The maximum absolute atomic E-state index is 13.0. The van der Waals surface area contributed by atoms with Gasteiger partial charge in [0.1, 0.15) is 17.6 Å². The molecule has 0 radical (unpaired) electrons. The van der Waals surface area contributed by atoms with Crippen LogP contribution >= 0.6 is 0 Å². The topological polar surface area (TPSA) is 145 Å². The number of rotatable bonds is 1. The van der Waals surface area contributed by atoms with Crippen LogP contribution in [0, 0.1) is 0 Å². The highest BCUT2D eigenvalue weighted by molar-refractivity contribution is 6.13. The number of phenolic OH excluding ortho intramolecular Hbond substituents is 2. The quantitative estimate of drug-likeness (QED) is 0.441. The van der Waals surface area contributed by atoms with Crippen LogP contribution in [0.1, 0.15) is 66.6 Å². The van der Waals surface area contributed by atoms with Gasteiger partial charge in [-0.1, -0.05) is 17.7 Å². The lowest BCUT2D eigenvalue weighted by atomic mass is 9.64. The highest BCUT2D eigenvalue weighted by Gasteiger charge is 2.51. The molecule has 6 atom stereocenters. The van der Waals surface area contributed by atoms with Gasteiger partial charge >= 0.3 is 0 Å². The van der Waals surface area contributed by atoms with E-state index in [2.05, 4.69) is 0 Å². The Morgan fingerprint density at radius 1 is 1.06 bits per heavy atom. The minimum atomic E-state index is -1.55. The molecule has 8 nitrogen and oxygen atoms in total. The fourth-order valence-electron chi connectivity index (χ4n) is 5.74. The average molecular weight is 454 g/mol. The van der Waals surface area contributed by atoms with Gasteiger partial charge in [-0.2, -0.15) is 0 Å². The Kier molecular flexibility index (Phi) is 4.92. The van der Waals surface area contributed by atoms with Crippen molar-refractivity contribution in [2.24, 2.45) is 0 Å². The number of ketones is 2. The van der Waals surface area contributed by atoms with Crippen molar-refractivity contribution in [3.8, 4) is 11.5 Å². The number of hydrogen-bond acceptors (Lipinski definition) is 8. The minimum Gasteiger partial charge on any atom is -0.507 e. The standard InChI is InChI=1S/C25H26O8/c1-10-5-15(26)21-14-6-12-3-4-13(18-7-16(27)22(29)11(2)33-18)23(30)19(12)24(31)20(14)17(28)9-25(21,32)8-10/h3-6,11,16,18,21-22,27,29-32H,7-9H2,1-2H3/t11-,16-,18-,21?,22-,25-/m1/s1. The first-order valence-corrected chi connectivity index (χ1v) is 11.0. The monoisotopic (exact) mass is 454 g/mol. The van der Waals surface area contributed by atoms with Crippen LogP contribution in [0.2, 0.25) is 0 Å². The predicted molar refractivity (Wildman–Crippen MR) is 117 cm³/mol. The third-order valence-corrected chi connectivity index (χ3v) is 7.22. The Bertz CT molecular complexity index is 1220. The molecule has 3 aliphatic rings. The normalized spacial score (nSPS) is 34.1. The number of carbonyl (C=O) groups is 2. The van der Waals surface area contributed by atoms with Gasteiger partial charge in [0.2, 0.25) is 0 Å². The summed E-state index contributed by atoms with van der Waals surface area (Å²) in [5, 5.41) is 53.9. The van der Waals surface area contributed by atoms with Crippen molar-refractivity contribution in [2.75, 3.05) is 0 Å². The molecule has 0 spiro atoms. The number of phenols is 2. The highest BCUT2D eigenvalue weighted by atomic mass is 16.5. The van der Waals surface area contributed by atoms with Gasteiger partial charge in [0, 0.05) is 18.4 Å². The van der Waals surface area contributed by atoms with Crippen LogP contribution in [-0.4, -0.2) is 61.0 Å². The number of ether oxygens (including phenoxy) is 1. The number of Topliss-reactive ketones (excluding diaryl/α,β-unsaturated/α-hetero) is 1. The molecule has 1 saturated heterocycles. The summed E-state index contributed by atoms with van der Waals surface area (Å²) in [5.74, 6) is -2.56. The summed E-state index contributed by atoms with van der Waals surface area (Å²) in [6, 6.07) is 4.78. The first kappa shape index (κ1) is 22.0. The number of aromatic hydroxyl groups is 2. The van der Waals surface area contributed by atoms with E-state index in [0.717, 1.165) is 0 Å². The predicted octanol–water partition coefficient (Wildman–Crippen LogP) is 2.14. The summed E-state index contributed by atoms with van der Waals surface area (Å²) in [6.07, 6.45) is -2.11. The molecule has 174 valence electrons. The molecule has 0 aromatic heterocycles. The first-order chi connectivity index (χ1) is 15.5. The Morgan fingerprint density at radius 2 is 1.79 bits per heavy atom. The molecule has 2 aromatic rings. The third-order valence-electron chi connectivity index (χ3n) is 7.22. The third kappa shape index (κ3) is 3.20. The van der Waals surface area contributed by atoms with Crippen LogP contribution in [0.4, 0.5) is 0 Å². The van der Waals surface area contributed by atoms with Gasteiger partial charge < -0.3 is 30.3 Å². The van der Waals surface area contributed by atoms with Crippen molar-refractivity contribution >= 4 is 22.3 Å². The van der Waals surface area contributed by atoms with E-state index >= 15 is 0 Å². The Labute approximate surface area is 189 Å². The molecule has 0 saturated carbocycles. The molecule has 1 fully saturated rings. The zero-order valence-corrected chi connectivity index (χ0v) is 18.3. The van der Waals surface area contributed by atoms with Crippen molar-refractivity contribution in [3.05, 3.63) is 46.5 Å². The molecule has 1 unspecified atom stereocenters. The second-order valence-electron chi connectivity index (χ2n) is 9.62. The van der Waals surface area contributed by atoms with E-state index in [9.17, 15) is 35.1 Å². The van der Waals surface area contributed by atoms with Gasteiger partial charge in [-0.15, -0.1) is 0 Å². The lowest BCUT2D eigenvalue weighted by Crippen LogP contribution is -2.48. The molecule has 1 heterocycles. The number of benzene rings is 2. The fourth-order valence-corrected chi connectivity index (χ4v) is 5.74. The van der Waals surface area contributed by atoms with Gasteiger partial charge in [-0.05, 0) is 43.4 Å². The number of hydrogen-bond donors (Lipinski definition) is 5. The van der Waals surface area contributed by atoms with Gasteiger partial charge in [0.25, 0.3) is 0 Å². The maximum atomic E-state index is 13.0. The van der Waals surface area contributed by atoms with E-state index in [1.807, 2.05) is 0 Å². The van der Waals surface area contributed by atoms with Crippen LogP contribution < -0.4 is 0 Å². The van der Waals surface area contributed by atoms with Crippen LogP contribution in [0.5, 0.6) is 11.5 Å². The number of aliphatic hydroxyl groups is 3. The van der Waals surface area contributed by atoms with Crippen molar-refractivity contribution < 1.29 is 39.9 Å². The van der Waals surface area contributed by atoms with Crippen molar-refractivity contribution in [1.82, 2.24) is 0 Å². The van der Waals surface area contributed by atoms with Crippen LogP contribution in [0.25, 0.3) is 10.8 Å². The minimum absolute atomic E-state index is 0.0388. The van der Waals surface area contributed by atoms with E-state index in [4.69, 9.17) is 4.74 Å². The van der Waals surface area contributed by atoms with E-state index in [1.54, 1.807) is 32.0 Å². The molecule has 2 aliphatic carbocycles. The molecular formula is C25H26O8. The molecule has 0 amide bonds. The molecule has 1 aliphatic heterocycles. The summed E-state index contributed by atoms with van der Waals surface area (Å²) in [5.41, 5.74) is -0.371. The zero-order valence-electron chi connectivity index (χ0n) is 18.3. The lowest BCUT2D eigenvalue weighted by Gasteiger charge is -2.42. The van der Waals surface area contributed by atoms with E-state index in [0.29, 0.717) is 16.5 Å². The molecule has 0 bridgehead atoms.